The van der Waals surface area contributed by atoms with Crippen molar-refractivity contribution in [3.8, 4) is 0 Å². The number of aromatic amines is 1. The van der Waals surface area contributed by atoms with Crippen molar-refractivity contribution >= 4 is 10.9 Å². The number of hydrogen-bond acceptors (Lipinski definition) is 6. The van der Waals surface area contributed by atoms with Crippen LogP contribution in [-0.4, -0.2) is 42.9 Å². The molecular weight excluding hydrogens is 476 g/mol. The second-order valence-corrected chi connectivity index (χ2v) is 11.1. The fourth-order valence-electron chi connectivity index (χ4n) is 6.50. The molecule has 0 amide bonds. The van der Waals surface area contributed by atoms with Gasteiger partial charge in [0.05, 0.1) is 18.1 Å². The van der Waals surface area contributed by atoms with Crippen LogP contribution in [0.5, 0.6) is 0 Å². The number of pyridine rings is 2. The van der Waals surface area contributed by atoms with Gasteiger partial charge in [-0.2, -0.15) is 0 Å². The number of nitrogens with one attached hydrogen (secondary N) is 1. The summed E-state index contributed by atoms with van der Waals surface area (Å²) in [5.74, 6) is 0.588. The van der Waals surface area contributed by atoms with E-state index < -0.39 is 0 Å². The first-order chi connectivity index (χ1) is 18.7. The third kappa shape index (κ3) is 5.27. The van der Waals surface area contributed by atoms with E-state index in [4.69, 9.17) is 4.74 Å². The van der Waals surface area contributed by atoms with E-state index in [0.717, 1.165) is 78.5 Å². The molecule has 3 atom stereocenters. The third-order valence-corrected chi connectivity index (χ3v) is 8.36. The van der Waals surface area contributed by atoms with Crippen LogP contribution in [0.15, 0.2) is 53.6 Å². The van der Waals surface area contributed by atoms with Crippen molar-refractivity contribution in [3.63, 3.8) is 0 Å². The number of aromatic nitrogens is 6. The molecule has 1 N–H and O–H groups in total. The molecule has 8 heteroatoms. The largest absolute Gasteiger partial charge is 0.378 e. The highest BCUT2D eigenvalue weighted by Crippen LogP contribution is 2.39. The number of ether oxygens (including phenoxy) is 1. The highest BCUT2D eigenvalue weighted by molar-refractivity contribution is 5.79. The molecule has 0 spiro atoms. The Labute approximate surface area is 222 Å². The Morgan fingerprint density at radius 2 is 2.00 bits per heavy atom. The second-order valence-electron chi connectivity index (χ2n) is 11.1. The Balaban J connectivity index is 1.50. The number of rotatable bonds is 8. The topological polar surface area (TPSA) is 98.6 Å². The van der Waals surface area contributed by atoms with Gasteiger partial charge >= 0.3 is 0 Å². The molecule has 0 unspecified atom stereocenters. The van der Waals surface area contributed by atoms with Gasteiger partial charge in [-0.15, -0.1) is 5.10 Å². The molecule has 1 aliphatic heterocycles. The number of hydrogen-bond donors (Lipinski definition) is 1. The van der Waals surface area contributed by atoms with Gasteiger partial charge in [0, 0.05) is 30.1 Å². The van der Waals surface area contributed by atoms with Gasteiger partial charge < -0.3 is 9.72 Å². The zero-order valence-corrected chi connectivity index (χ0v) is 22.1. The molecule has 3 aromatic heterocycles. The van der Waals surface area contributed by atoms with E-state index in [1.165, 1.54) is 19.3 Å². The summed E-state index contributed by atoms with van der Waals surface area (Å²) in [6, 6.07) is 12.6. The fourth-order valence-corrected chi connectivity index (χ4v) is 6.50. The Bertz CT molecular complexity index is 1420. The molecule has 0 bridgehead atoms. The highest BCUT2D eigenvalue weighted by Gasteiger charge is 2.36. The SMILES string of the molecule is Cc1ccc2[nH]c(=O)c([C@H](c3nnnn3C3CCCCC3)[C@@H](Cc3cccnc3)C[C@@H]3CCCO3)cc2c1. The number of nitrogens with zero attached hydrogens (tertiary/aromatic N) is 5. The Morgan fingerprint density at radius 3 is 2.79 bits per heavy atom. The number of fused-ring (bicyclic) bond motifs is 1. The second kappa shape index (κ2) is 11.2. The summed E-state index contributed by atoms with van der Waals surface area (Å²) in [6.07, 6.45) is 13.4. The zero-order valence-electron chi connectivity index (χ0n) is 22.1. The van der Waals surface area contributed by atoms with Gasteiger partial charge in [-0.25, -0.2) is 4.68 Å². The summed E-state index contributed by atoms with van der Waals surface area (Å²) in [5, 5.41) is 14.4. The first-order valence-corrected chi connectivity index (χ1v) is 14.1. The van der Waals surface area contributed by atoms with Crippen molar-refractivity contribution in [2.24, 2.45) is 5.92 Å². The van der Waals surface area contributed by atoms with Crippen molar-refractivity contribution in [2.75, 3.05) is 6.61 Å². The van der Waals surface area contributed by atoms with Gasteiger partial charge in [0.1, 0.15) is 0 Å². The first kappa shape index (κ1) is 24.9. The monoisotopic (exact) mass is 512 g/mol. The van der Waals surface area contributed by atoms with E-state index >= 15 is 0 Å². The number of tetrazole rings is 1. The molecule has 1 saturated carbocycles. The van der Waals surface area contributed by atoms with Crippen LogP contribution in [0.2, 0.25) is 0 Å². The first-order valence-electron chi connectivity index (χ1n) is 14.1. The van der Waals surface area contributed by atoms with Crippen LogP contribution in [0, 0.1) is 12.8 Å². The molecule has 0 radical (unpaired) electrons. The van der Waals surface area contributed by atoms with E-state index in [0.29, 0.717) is 0 Å². The molecule has 2 aliphatic rings. The Morgan fingerprint density at radius 1 is 1.11 bits per heavy atom. The minimum atomic E-state index is -0.273. The lowest BCUT2D eigenvalue weighted by Gasteiger charge is -2.30. The van der Waals surface area contributed by atoms with Gasteiger partial charge in [0.2, 0.25) is 0 Å². The maximum absolute atomic E-state index is 13.8. The molecule has 4 heterocycles. The average Bonchev–Trinajstić information content (AvgIpc) is 3.63. The molecule has 1 aromatic carbocycles. The van der Waals surface area contributed by atoms with Crippen molar-refractivity contribution in [1.29, 1.82) is 0 Å². The predicted molar refractivity (Wildman–Crippen MR) is 146 cm³/mol. The lowest BCUT2D eigenvalue weighted by Crippen LogP contribution is -2.30. The summed E-state index contributed by atoms with van der Waals surface area (Å²) in [5.41, 5.74) is 3.79. The standard InChI is InChI=1S/C30H36N6O2/c1-20-11-12-27-22(15-20)18-26(30(37)32-27)28(29-33-34-35-36(29)24-8-3-2-4-9-24)23(17-25-10-6-14-38-25)16-21-7-5-13-31-19-21/h5,7,11-13,15,18-19,23-25,28H,2-4,6,8-10,14,16-17H2,1H3,(H,32,37)/t23-,25-,28+/m0/s1. The Hall–Kier alpha value is -3.39. The van der Waals surface area contributed by atoms with Crippen LogP contribution in [0.4, 0.5) is 0 Å². The molecule has 198 valence electrons. The zero-order chi connectivity index (χ0) is 25.9. The van der Waals surface area contributed by atoms with Crippen molar-refractivity contribution < 1.29 is 4.74 Å². The molecule has 38 heavy (non-hydrogen) atoms. The van der Waals surface area contributed by atoms with Gasteiger partial charge in [-0.3, -0.25) is 9.78 Å². The summed E-state index contributed by atoms with van der Waals surface area (Å²) in [7, 11) is 0. The molecule has 1 aliphatic carbocycles. The maximum Gasteiger partial charge on any atom is 0.252 e. The highest BCUT2D eigenvalue weighted by atomic mass is 16.5. The van der Waals surface area contributed by atoms with Crippen molar-refractivity contribution in [1.82, 2.24) is 30.2 Å². The van der Waals surface area contributed by atoms with Crippen LogP contribution >= 0.6 is 0 Å². The van der Waals surface area contributed by atoms with Gasteiger partial charge in [0.15, 0.2) is 5.82 Å². The van der Waals surface area contributed by atoms with Crippen LogP contribution in [0.3, 0.4) is 0 Å². The van der Waals surface area contributed by atoms with Gasteiger partial charge in [0.25, 0.3) is 5.56 Å². The predicted octanol–water partition coefficient (Wildman–Crippen LogP) is 5.28. The van der Waals surface area contributed by atoms with Crippen LogP contribution in [-0.2, 0) is 11.2 Å². The smallest absolute Gasteiger partial charge is 0.252 e. The normalized spacial score (nSPS) is 20.1. The van der Waals surface area contributed by atoms with Crippen molar-refractivity contribution in [2.45, 2.75) is 82.8 Å². The number of aryl methyl sites for hydroxylation is 1. The van der Waals surface area contributed by atoms with Crippen molar-refractivity contribution in [3.05, 3.63) is 81.7 Å². The van der Waals surface area contributed by atoms with E-state index in [1.54, 1.807) is 6.20 Å². The quantitative estimate of drug-likeness (QED) is 0.345. The lowest BCUT2D eigenvalue weighted by molar-refractivity contribution is 0.0860. The van der Waals surface area contributed by atoms with Gasteiger partial charge in [-0.1, -0.05) is 37.0 Å². The number of H-pyrrole nitrogens is 1. The summed E-state index contributed by atoms with van der Waals surface area (Å²) in [6.45, 7) is 2.87. The van der Waals surface area contributed by atoms with E-state index in [2.05, 4.69) is 50.6 Å². The Kier molecular flexibility index (Phi) is 7.31. The van der Waals surface area contributed by atoms with Crippen LogP contribution in [0.1, 0.15) is 85.8 Å². The van der Waals surface area contributed by atoms with Crippen LogP contribution < -0.4 is 5.56 Å². The minimum absolute atomic E-state index is 0.0685. The molecule has 1 saturated heterocycles. The van der Waals surface area contributed by atoms with E-state index in [1.807, 2.05) is 29.1 Å². The maximum atomic E-state index is 13.8. The molecule has 2 fully saturated rings. The summed E-state index contributed by atoms with van der Waals surface area (Å²) < 4.78 is 8.16. The van der Waals surface area contributed by atoms with E-state index in [-0.39, 0.29) is 29.5 Å². The summed E-state index contributed by atoms with van der Waals surface area (Å²) in [4.78, 5) is 21.3. The number of benzene rings is 1. The third-order valence-electron chi connectivity index (χ3n) is 8.36. The van der Waals surface area contributed by atoms with Gasteiger partial charge in [-0.05, 0) is 97.0 Å². The minimum Gasteiger partial charge on any atom is -0.378 e. The molecular formula is C30H36N6O2. The fraction of sp³-hybridized carbons (Fsp3) is 0.500. The van der Waals surface area contributed by atoms with E-state index in [9.17, 15) is 4.79 Å². The summed E-state index contributed by atoms with van der Waals surface area (Å²) >= 11 is 0. The average molecular weight is 513 g/mol. The lowest BCUT2D eigenvalue weighted by atomic mass is 9.78. The molecule has 8 nitrogen and oxygen atoms in total. The molecule has 4 aromatic rings. The molecule has 6 rings (SSSR count). The van der Waals surface area contributed by atoms with Crippen LogP contribution in [0.25, 0.3) is 10.9 Å².